The first-order valence-electron chi connectivity index (χ1n) is 8.36. The average Bonchev–Trinajstić information content (AvgIpc) is 2.65. The third-order valence-electron chi connectivity index (χ3n) is 3.85. The highest BCUT2D eigenvalue weighted by molar-refractivity contribution is 6.31. The van der Waals surface area contributed by atoms with Crippen LogP contribution >= 0.6 is 11.6 Å². The lowest BCUT2D eigenvalue weighted by Crippen LogP contribution is -2.24. The molecule has 0 aliphatic heterocycles. The standard InChI is InChI=1S/C20H16ClFN4O2/c1-13(27)26(17-5-3-2-4-6-17)19-11-16(12-23-25-19)24-20(28)9-14-7-8-15(22)10-18(14)21/h2-8,10-12H,9H2,1H3,(H,24,25,28). The maximum atomic E-state index is 13.1. The Labute approximate surface area is 166 Å². The molecule has 1 N–H and O–H groups in total. The van der Waals surface area contributed by atoms with E-state index in [2.05, 4.69) is 15.5 Å². The van der Waals surface area contributed by atoms with Gasteiger partial charge in [0.15, 0.2) is 5.82 Å². The maximum absolute atomic E-state index is 13.1. The molecular formula is C20H16ClFN4O2. The summed E-state index contributed by atoms with van der Waals surface area (Å²) in [5.74, 6) is -0.803. The molecule has 3 rings (SSSR count). The molecular weight excluding hydrogens is 383 g/mol. The molecule has 0 unspecified atom stereocenters. The van der Waals surface area contributed by atoms with Crippen molar-refractivity contribution in [2.45, 2.75) is 13.3 Å². The first kappa shape index (κ1) is 19.4. The van der Waals surface area contributed by atoms with Gasteiger partial charge in [0, 0.05) is 18.0 Å². The fourth-order valence-corrected chi connectivity index (χ4v) is 2.86. The summed E-state index contributed by atoms with van der Waals surface area (Å²) in [5, 5.41) is 10.7. The van der Waals surface area contributed by atoms with Crippen molar-refractivity contribution in [3.05, 3.63) is 77.2 Å². The van der Waals surface area contributed by atoms with E-state index in [4.69, 9.17) is 11.6 Å². The Morgan fingerprint density at radius 2 is 1.89 bits per heavy atom. The predicted molar refractivity (Wildman–Crippen MR) is 105 cm³/mol. The number of anilines is 3. The van der Waals surface area contributed by atoms with Gasteiger partial charge in [0.2, 0.25) is 11.8 Å². The largest absolute Gasteiger partial charge is 0.324 e. The Morgan fingerprint density at radius 1 is 1.14 bits per heavy atom. The number of benzene rings is 2. The molecule has 28 heavy (non-hydrogen) atoms. The van der Waals surface area contributed by atoms with Crippen molar-refractivity contribution in [3.63, 3.8) is 0 Å². The zero-order chi connectivity index (χ0) is 20.1. The highest BCUT2D eigenvalue weighted by Gasteiger charge is 2.17. The number of rotatable bonds is 5. The number of aromatic nitrogens is 2. The van der Waals surface area contributed by atoms with Crippen LogP contribution in [0.2, 0.25) is 5.02 Å². The highest BCUT2D eigenvalue weighted by Crippen LogP contribution is 2.25. The minimum atomic E-state index is -0.470. The summed E-state index contributed by atoms with van der Waals surface area (Å²) in [5.41, 5.74) is 1.50. The normalized spacial score (nSPS) is 10.4. The molecule has 142 valence electrons. The molecule has 0 atom stereocenters. The van der Waals surface area contributed by atoms with Gasteiger partial charge in [-0.05, 0) is 29.8 Å². The number of nitrogens with zero attached hydrogens (tertiary/aromatic N) is 3. The number of carbonyl (C=O) groups excluding carboxylic acids is 2. The van der Waals surface area contributed by atoms with Crippen LogP contribution in [0.1, 0.15) is 12.5 Å². The molecule has 0 aliphatic carbocycles. The van der Waals surface area contributed by atoms with E-state index >= 15 is 0 Å². The molecule has 0 bridgehead atoms. The monoisotopic (exact) mass is 398 g/mol. The average molecular weight is 399 g/mol. The second kappa shape index (κ2) is 8.58. The number of carbonyl (C=O) groups is 2. The molecule has 6 nitrogen and oxygen atoms in total. The molecule has 0 saturated carbocycles. The van der Waals surface area contributed by atoms with E-state index in [1.807, 2.05) is 6.07 Å². The number of amides is 2. The Morgan fingerprint density at radius 3 is 2.57 bits per heavy atom. The SMILES string of the molecule is CC(=O)N(c1ccccc1)c1cc(NC(=O)Cc2ccc(F)cc2Cl)cnn1. The van der Waals surface area contributed by atoms with Gasteiger partial charge in [-0.1, -0.05) is 35.9 Å². The molecule has 0 saturated heterocycles. The highest BCUT2D eigenvalue weighted by atomic mass is 35.5. The van der Waals surface area contributed by atoms with Crippen LogP contribution in [-0.4, -0.2) is 22.0 Å². The van der Waals surface area contributed by atoms with Gasteiger partial charge in [-0.15, -0.1) is 5.10 Å². The van der Waals surface area contributed by atoms with Crippen molar-refractivity contribution < 1.29 is 14.0 Å². The van der Waals surface area contributed by atoms with Gasteiger partial charge in [0.05, 0.1) is 24.0 Å². The fraction of sp³-hybridized carbons (Fsp3) is 0.100. The van der Waals surface area contributed by atoms with E-state index < -0.39 is 5.82 Å². The van der Waals surface area contributed by atoms with E-state index in [1.54, 1.807) is 30.3 Å². The quantitative estimate of drug-likeness (QED) is 0.701. The number of nitrogens with one attached hydrogen (secondary N) is 1. The summed E-state index contributed by atoms with van der Waals surface area (Å²) in [4.78, 5) is 25.8. The molecule has 1 aromatic heterocycles. The summed E-state index contributed by atoms with van der Waals surface area (Å²) in [6.45, 7) is 1.41. The first-order chi connectivity index (χ1) is 13.4. The van der Waals surface area contributed by atoms with Gasteiger partial charge in [0.25, 0.3) is 0 Å². The minimum Gasteiger partial charge on any atom is -0.324 e. The summed E-state index contributed by atoms with van der Waals surface area (Å²) >= 11 is 5.96. The van der Waals surface area contributed by atoms with Crippen LogP contribution in [0.4, 0.5) is 21.6 Å². The van der Waals surface area contributed by atoms with E-state index in [0.29, 0.717) is 16.9 Å². The predicted octanol–water partition coefficient (Wildman–Crippen LogP) is 4.13. The lowest BCUT2D eigenvalue weighted by Gasteiger charge is -2.20. The zero-order valence-electron chi connectivity index (χ0n) is 14.9. The molecule has 2 aromatic carbocycles. The van der Waals surface area contributed by atoms with Crippen molar-refractivity contribution in [1.29, 1.82) is 0 Å². The maximum Gasteiger partial charge on any atom is 0.229 e. The van der Waals surface area contributed by atoms with Crippen molar-refractivity contribution in [2.24, 2.45) is 0 Å². The van der Waals surface area contributed by atoms with Crippen molar-refractivity contribution in [3.8, 4) is 0 Å². The minimum absolute atomic E-state index is 0.0358. The second-order valence-electron chi connectivity index (χ2n) is 5.95. The summed E-state index contributed by atoms with van der Waals surface area (Å²) < 4.78 is 13.1. The second-order valence-corrected chi connectivity index (χ2v) is 6.36. The van der Waals surface area contributed by atoms with E-state index in [1.165, 1.54) is 30.2 Å². The van der Waals surface area contributed by atoms with Crippen LogP contribution in [0.3, 0.4) is 0 Å². The first-order valence-corrected chi connectivity index (χ1v) is 8.74. The Bertz CT molecular complexity index is 1010. The van der Waals surface area contributed by atoms with E-state index in [0.717, 1.165) is 6.07 Å². The van der Waals surface area contributed by atoms with Gasteiger partial charge >= 0.3 is 0 Å². The van der Waals surface area contributed by atoms with Crippen LogP contribution in [0, 0.1) is 5.82 Å². The lowest BCUT2D eigenvalue weighted by atomic mass is 10.1. The van der Waals surface area contributed by atoms with Gasteiger partial charge in [-0.2, -0.15) is 5.10 Å². The smallest absolute Gasteiger partial charge is 0.229 e. The Kier molecular flexibility index (Phi) is 5.96. The van der Waals surface area contributed by atoms with Gasteiger partial charge < -0.3 is 5.32 Å². The number of hydrogen-bond acceptors (Lipinski definition) is 4. The lowest BCUT2D eigenvalue weighted by molar-refractivity contribution is -0.116. The topological polar surface area (TPSA) is 75.2 Å². The summed E-state index contributed by atoms with van der Waals surface area (Å²) in [6.07, 6.45) is 1.34. The van der Waals surface area contributed by atoms with Gasteiger partial charge in [-0.25, -0.2) is 4.39 Å². The number of para-hydroxylation sites is 1. The number of halogens is 2. The van der Waals surface area contributed by atoms with Crippen LogP contribution in [0.5, 0.6) is 0 Å². The van der Waals surface area contributed by atoms with Crippen LogP contribution in [-0.2, 0) is 16.0 Å². The summed E-state index contributed by atoms with van der Waals surface area (Å²) in [7, 11) is 0. The molecule has 0 spiro atoms. The van der Waals surface area contributed by atoms with Crippen LogP contribution in [0.25, 0.3) is 0 Å². The molecule has 2 amide bonds. The van der Waals surface area contributed by atoms with Gasteiger partial charge in [-0.3, -0.25) is 14.5 Å². The molecule has 8 heteroatoms. The van der Waals surface area contributed by atoms with E-state index in [-0.39, 0.29) is 29.1 Å². The van der Waals surface area contributed by atoms with Crippen LogP contribution in [0.15, 0.2) is 60.8 Å². The van der Waals surface area contributed by atoms with Gasteiger partial charge in [0.1, 0.15) is 5.82 Å². The fourth-order valence-electron chi connectivity index (χ4n) is 2.63. The zero-order valence-corrected chi connectivity index (χ0v) is 15.7. The van der Waals surface area contributed by atoms with Crippen molar-refractivity contribution in [2.75, 3.05) is 10.2 Å². The molecule has 1 heterocycles. The molecule has 0 fully saturated rings. The van der Waals surface area contributed by atoms with Crippen molar-refractivity contribution in [1.82, 2.24) is 10.2 Å². The Balaban J connectivity index is 1.79. The third-order valence-corrected chi connectivity index (χ3v) is 4.20. The van der Waals surface area contributed by atoms with Crippen molar-refractivity contribution >= 4 is 40.6 Å². The third kappa shape index (κ3) is 4.69. The Hall–Kier alpha value is -3.32. The van der Waals surface area contributed by atoms with Crippen LogP contribution < -0.4 is 10.2 Å². The van der Waals surface area contributed by atoms with E-state index in [9.17, 15) is 14.0 Å². The molecule has 0 radical (unpaired) electrons. The summed E-state index contributed by atoms with van der Waals surface area (Å²) in [6, 6.07) is 14.4. The number of hydrogen-bond donors (Lipinski definition) is 1. The molecule has 3 aromatic rings. The molecule has 0 aliphatic rings.